The van der Waals surface area contributed by atoms with Crippen LogP contribution in [-0.2, 0) is 14.3 Å². The topological polar surface area (TPSA) is 105 Å². The zero-order valence-electron chi connectivity index (χ0n) is 20.2. The largest absolute Gasteiger partial charge is 0.480 e. The third-order valence-corrected chi connectivity index (χ3v) is 7.44. The van der Waals surface area contributed by atoms with E-state index in [9.17, 15) is 19.5 Å². The van der Waals surface area contributed by atoms with Gasteiger partial charge < -0.3 is 20.5 Å². The second kappa shape index (κ2) is 10.9. The highest BCUT2D eigenvalue weighted by Crippen LogP contribution is 2.44. The third-order valence-electron chi connectivity index (χ3n) is 7.44. The molecule has 4 rings (SSSR count). The average molecular weight is 479 g/mol. The number of amides is 2. The van der Waals surface area contributed by atoms with Gasteiger partial charge >= 0.3 is 12.1 Å². The van der Waals surface area contributed by atoms with Gasteiger partial charge in [-0.25, -0.2) is 9.59 Å². The van der Waals surface area contributed by atoms with Crippen molar-refractivity contribution in [3.8, 4) is 11.1 Å². The summed E-state index contributed by atoms with van der Waals surface area (Å²) in [6.07, 6.45) is 4.72. The molecule has 0 saturated heterocycles. The van der Waals surface area contributed by atoms with Crippen LogP contribution in [0.5, 0.6) is 0 Å². The first kappa shape index (κ1) is 24.8. The number of benzene rings is 2. The van der Waals surface area contributed by atoms with Crippen molar-refractivity contribution in [1.29, 1.82) is 0 Å². The minimum atomic E-state index is -1.03. The summed E-state index contributed by atoms with van der Waals surface area (Å²) in [5.74, 6) is -1.32. The number of hydrogen-bond donors (Lipinski definition) is 3. The predicted molar refractivity (Wildman–Crippen MR) is 133 cm³/mol. The number of hydrogen-bond acceptors (Lipinski definition) is 4. The summed E-state index contributed by atoms with van der Waals surface area (Å²) in [7, 11) is 0. The van der Waals surface area contributed by atoms with E-state index in [4.69, 9.17) is 4.74 Å². The van der Waals surface area contributed by atoms with E-state index in [0.717, 1.165) is 43.2 Å². The van der Waals surface area contributed by atoms with Crippen LogP contribution in [0.2, 0.25) is 0 Å². The van der Waals surface area contributed by atoms with Gasteiger partial charge in [0.05, 0.1) is 0 Å². The lowest BCUT2D eigenvalue weighted by Crippen LogP contribution is -2.46. The fourth-order valence-corrected chi connectivity index (χ4v) is 5.55. The molecule has 2 aliphatic rings. The number of carboxylic acid groups (broad SMARTS) is 1. The van der Waals surface area contributed by atoms with Crippen LogP contribution < -0.4 is 10.6 Å². The van der Waals surface area contributed by atoms with Crippen molar-refractivity contribution in [2.45, 2.75) is 63.8 Å². The molecule has 1 fully saturated rings. The first-order chi connectivity index (χ1) is 16.9. The first-order valence-corrected chi connectivity index (χ1v) is 12.5. The summed E-state index contributed by atoms with van der Waals surface area (Å²) in [5, 5.41) is 14.8. The lowest BCUT2D eigenvalue weighted by molar-refractivity contribution is -0.142. The zero-order chi connectivity index (χ0) is 24.8. The van der Waals surface area contributed by atoms with Gasteiger partial charge in [0.1, 0.15) is 12.6 Å². The Morgan fingerprint density at radius 2 is 1.60 bits per heavy atom. The average Bonchev–Trinajstić information content (AvgIpc) is 3.19. The molecular formula is C28H34N2O5. The second-order valence-electron chi connectivity index (χ2n) is 9.78. The van der Waals surface area contributed by atoms with Crippen LogP contribution in [0.15, 0.2) is 48.5 Å². The molecule has 0 aliphatic heterocycles. The number of rotatable bonds is 9. The van der Waals surface area contributed by atoms with Crippen molar-refractivity contribution in [3.63, 3.8) is 0 Å². The molecule has 7 nitrogen and oxygen atoms in total. The van der Waals surface area contributed by atoms with Crippen molar-refractivity contribution in [3.05, 3.63) is 59.7 Å². The van der Waals surface area contributed by atoms with Crippen LogP contribution in [0.25, 0.3) is 11.1 Å². The van der Waals surface area contributed by atoms with Gasteiger partial charge in [-0.3, -0.25) is 4.79 Å². The van der Waals surface area contributed by atoms with Gasteiger partial charge in [-0.2, -0.15) is 0 Å². The van der Waals surface area contributed by atoms with E-state index in [1.54, 1.807) is 6.92 Å². The number of fused-ring (bicyclic) bond motifs is 3. The van der Waals surface area contributed by atoms with Gasteiger partial charge in [0.15, 0.2) is 0 Å². The molecule has 2 amide bonds. The maximum atomic E-state index is 12.7. The van der Waals surface area contributed by atoms with E-state index in [-0.39, 0.29) is 30.3 Å². The van der Waals surface area contributed by atoms with Gasteiger partial charge in [0.25, 0.3) is 0 Å². The molecule has 7 heteroatoms. The van der Waals surface area contributed by atoms with Crippen molar-refractivity contribution in [1.82, 2.24) is 10.6 Å². The van der Waals surface area contributed by atoms with E-state index in [2.05, 4.69) is 34.9 Å². The minimum absolute atomic E-state index is 0.00966. The number of aliphatic carboxylic acids is 1. The molecule has 3 N–H and O–H groups in total. The predicted octanol–water partition coefficient (Wildman–Crippen LogP) is 4.85. The van der Waals surface area contributed by atoms with Gasteiger partial charge in [0, 0.05) is 18.9 Å². The van der Waals surface area contributed by atoms with Gasteiger partial charge in [-0.1, -0.05) is 74.7 Å². The molecule has 186 valence electrons. The van der Waals surface area contributed by atoms with Crippen LogP contribution in [0.3, 0.4) is 0 Å². The lowest BCUT2D eigenvalue weighted by atomic mass is 9.71. The van der Waals surface area contributed by atoms with Crippen LogP contribution >= 0.6 is 0 Å². The van der Waals surface area contributed by atoms with Gasteiger partial charge in [-0.05, 0) is 46.9 Å². The summed E-state index contributed by atoms with van der Waals surface area (Å²) in [6, 6.07) is 15.5. The fourth-order valence-electron chi connectivity index (χ4n) is 5.55. The normalized spacial score (nSPS) is 17.1. The Kier molecular flexibility index (Phi) is 7.73. The summed E-state index contributed by atoms with van der Waals surface area (Å²) in [6.45, 7) is 2.30. The highest BCUT2D eigenvalue weighted by atomic mass is 16.5. The van der Waals surface area contributed by atoms with Crippen LogP contribution in [0.1, 0.15) is 68.9 Å². The molecule has 0 radical (unpaired) electrons. The maximum Gasteiger partial charge on any atom is 0.407 e. The van der Waals surface area contributed by atoms with Crippen molar-refractivity contribution < 1.29 is 24.2 Å². The number of nitrogens with one attached hydrogen (secondary N) is 2. The number of carboxylic acids is 1. The summed E-state index contributed by atoms with van der Waals surface area (Å²) < 4.78 is 5.67. The highest BCUT2D eigenvalue weighted by molar-refractivity contribution is 5.84. The minimum Gasteiger partial charge on any atom is -0.480 e. The van der Waals surface area contributed by atoms with Crippen LogP contribution in [0.4, 0.5) is 4.79 Å². The molecule has 2 aromatic carbocycles. The third kappa shape index (κ3) is 5.66. The number of carbonyl (C=O) groups is 3. The molecule has 1 saturated carbocycles. The van der Waals surface area contributed by atoms with Crippen LogP contribution in [-0.4, -0.2) is 42.3 Å². The molecular weight excluding hydrogens is 444 g/mol. The Labute approximate surface area is 206 Å². The number of ether oxygens (including phenoxy) is 1. The van der Waals surface area contributed by atoms with E-state index in [1.807, 2.05) is 24.3 Å². The molecule has 1 atom stereocenters. The summed E-state index contributed by atoms with van der Waals surface area (Å²) >= 11 is 0. The molecule has 0 unspecified atom stereocenters. The Hall–Kier alpha value is -3.35. The quantitative estimate of drug-likeness (QED) is 0.478. The van der Waals surface area contributed by atoms with Crippen molar-refractivity contribution >= 4 is 18.0 Å². The molecule has 35 heavy (non-hydrogen) atoms. The summed E-state index contributed by atoms with van der Waals surface area (Å²) in [4.78, 5) is 36.6. The van der Waals surface area contributed by atoms with E-state index in [0.29, 0.717) is 13.0 Å². The number of alkyl carbamates (subject to hydrolysis) is 1. The maximum absolute atomic E-state index is 12.7. The first-order valence-electron chi connectivity index (χ1n) is 12.5. The monoisotopic (exact) mass is 478 g/mol. The van der Waals surface area contributed by atoms with Crippen LogP contribution in [0, 0.1) is 5.41 Å². The van der Waals surface area contributed by atoms with Gasteiger partial charge in [0.2, 0.25) is 5.91 Å². The fraction of sp³-hybridized carbons (Fsp3) is 0.464. The molecule has 0 aromatic heterocycles. The molecule has 0 bridgehead atoms. The SMILES string of the molecule is CC[C@H](NC(=O)CC1(CNC(=O)OCC2c3ccccc3-c3ccccc32)CCCCC1)C(=O)O. The molecule has 0 spiro atoms. The van der Waals surface area contributed by atoms with Crippen molar-refractivity contribution in [2.75, 3.05) is 13.2 Å². The Morgan fingerprint density at radius 1 is 1.00 bits per heavy atom. The van der Waals surface area contributed by atoms with Crippen molar-refractivity contribution in [2.24, 2.45) is 5.41 Å². The van der Waals surface area contributed by atoms with E-state index >= 15 is 0 Å². The Bertz CT molecular complexity index is 1030. The molecule has 0 heterocycles. The Balaban J connectivity index is 1.36. The lowest BCUT2D eigenvalue weighted by Gasteiger charge is -2.37. The molecule has 2 aromatic rings. The zero-order valence-corrected chi connectivity index (χ0v) is 20.2. The van der Waals surface area contributed by atoms with Gasteiger partial charge in [-0.15, -0.1) is 0 Å². The molecule has 2 aliphatic carbocycles. The van der Waals surface area contributed by atoms with E-state index in [1.165, 1.54) is 11.1 Å². The Morgan fingerprint density at radius 3 is 2.17 bits per heavy atom. The smallest absolute Gasteiger partial charge is 0.407 e. The second-order valence-corrected chi connectivity index (χ2v) is 9.78. The van der Waals surface area contributed by atoms with E-state index < -0.39 is 18.1 Å². The highest BCUT2D eigenvalue weighted by Gasteiger charge is 2.36. The standard InChI is InChI=1S/C28H34N2O5/c1-2-24(26(32)33)30-25(31)16-28(14-8-3-9-15-28)18-29-27(34)35-17-23-21-12-6-4-10-19(21)20-11-5-7-13-22(20)23/h4-7,10-13,23-24H,2-3,8-9,14-18H2,1H3,(H,29,34)(H,30,31)(H,32,33)/t24-/m0/s1. The summed E-state index contributed by atoms with van der Waals surface area (Å²) in [5.41, 5.74) is 4.29. The number of carbonyl (C=O) groups excluding carboxylic acids is 2.